The third-order valence-electron chi connectivity index (χ3n) is 5.61. The van der Waals surface area contributed by atoms with Gasteiger partial charge < -0.3 is 5.32 Å². The highest BCUT2D eigenvalue weighted by Crippen LogP contribution is 2.41. The topological polar surface area (TPSA) is 66.5 Å². The summed E-state index contributed by atoms with van der Waals surface area (Å²) in [6.07, 6.45) is -3.09. The van der Waals surface area contributed by atoms with Crippen molar-refractivity contribution in [2.75, 3.05) is 13.1 Å². The predicted octanol–water partition coefficient (Wildman–Crippen LogP) is 4.26. The fourth-order valence-electron chi connectivity index (χ4n) is 3.88. The van der Waals surface area contributed by atoms with Crippen LogP contribution in [-0.4, -0.2) is 37.9 Å². The summed E-state index contributed by atoms with van der Waals surface area (Å²) in [6, 6.07) is 5.58. The average Bonchev–Trinajstić information content (AvgIpc) is 2.68. The predicted molar refractivity (Wildman–Crippen MR) is 105 cm³/mol. The maximum Gasteiger partial charge on any atom is 0.392 e. The number of benzene rings is 1. The maximum absolute atomic E-state index is 13.3. The molecule has 1 amide bonds. The molecule has 164 valence electrons. The van der Waals surface area contributed by atoms with E-state index in [2.05, 4.69) is 5.32 Å². The van der Waals surface area contributed by atoms with Crippen LogP contribution in [0.2, 0.25) is 0 Å². The van der Waals surface area contributed by atoms with Gasteiger partial charge in [-0.2, -0.15) is 17.5 Å². The zero-order valence-corrected chi connectivity index (χ0v) is 17.8. The number of nitrogens with zero attached hydrogens (tertiary/aromatic N) is 1. The van der Waals surface area contributed by atoms with Crippen molar-refractivity contribution < 1.29 is 26.4 Å². The summed E-state index contributed by atoms with van der Waals surface area (Å²) in [7, 11) is -3.59. The van der Waals surface area contributed by atoms with Gasteiger partial charge in [-0.1, -0.05) is 38.8 Å². The second-order valence-electron chi connectivity index (χ2n) is 7.43. The Kier molecular flexibility index (Phi) is 7.73. The minimum atomic E-state index is -4.38. The van der Waals surface area contributed by atoms with Crippen LogP contribution in [0.5, 0.6) is 0 Å². The Morgan fingerprint density at radius 2 is 1.69 bits per heavy atom. The molecule has 1 aliphatic rings. The average molecular weight is 435 g/mol. The third-order valence-corrected chi connectivity index (χ3v) is 7.67. The molecule has 0 spiro atoms. The van der Waals surface area contributed by atoms with Crippen LogP contribution in [0.1, 0.15) is 58.1 Å². The molecule has 3 atom stereocenters. The quantitative estimate of drug-likeness (QED) is 0.697. The van der Waals surface area contributed by atoms with Crippen molar-refractivity contribution in [2.45, 2.75) is 63.6 Å². The molecule has 9 heteroatoms. The van der Waals surface area contributed by atoms with Gasteiger partial charge in [-0.3, -0.25) is 4.79 Å². The molecule has 2 rings (SSSR count). The monoisotopic (exact) mass is 434 g/mol. The van der Waals surface area contributed by atoms with E-state index in [0.29, 0.717) is 31.5 Å². The van der Waals surface area contributed by atoms with E-state index < -0.39 is 40.0 Å². The highest BCUT2D eigenvalue weighted by Gasteiger charge is 2.48. The van der Waals surface area contributed by atoms with Crippen LogP contribution in [0, 0.1) is 11.8 Å². The van der Waals surface area contributed by atoms with E-state index in [1.165, 1.54) is 16.4 Å². The zero-order valence-electron chi connectivity index (χ0n) is 17.0. The molecule has 0 aromatic heterocycles. The standard InChI is InChI=1S/C20H29F3N2O3S/c1-4-25(5-2)29(27,28)16-12-10-15(11-13-16)14(3)24-19(26)17-8-6-7-9-18(17)20(21,22)23/h10-14,17-18H,4-9H2,1-3H3,(H,24,26). The zero-order chi connectivity index (χ0) is 21.8. The lowest BCUT2D eigenvalue weighted by molar-refractivity contribution is -0.198. The Morgan fingerprint density at radius 1 is 1.14 bits per heavy atom. The van der Waals surface area contributed by atoms with Crippen LogP contribution in [0.25, 0.3) is 0 Å². The van der Waals surface area contributed by atoms with Crippen LogP contribution in [0.4, 0.5) is 13.2 Å². The molecule has 0 bridgehead atoms. The van der Waals surface area contributed by atoms with Crippen molar-refractivity contribution in [2.24, 2.45) is 11.8 Å². The molecule has 3 unspecified atom stereocenters. The lowest BCUT2D eigenvalue weighted by Crippen LogP contribution is -2.43. The highest BCUT2D eigenvalue weighted by atomic mass is 32.2. The molecular weight excluding hydrogens is 405 g/mol. The molecule has 0 heterocycles. The first-order valence-electron chi connectivity index (χ1n) is 9.99. The number of alkyl halides is 3. The summed E-state index contributed by atoms with van der Waals surface area (Å²) in [5, 5.41) is 2.67. The molecule has 1 N–H and O–H groups in total. The summed E-state index contributed by atoms with van der Waals surface area (Å²) < 4.78 is 66.2. The van der Waals surface area contributed by atoms with E-state index in [1.807, 2.05) is 0 Å². The first kappa shape index (κ1) is 23.7. The highest BCUT2D eigenvalue weighted by molar-refractivity contribution is 7.89. The number of amides is 1. The molecule has 1 saturated carbocycles. The number of sulfonamides is 1. The lowest BCUT2D eigenvalue weighted by Gasteiger charge is -2.32. The fraction of sp³-hybridized carbons (Fsp3) is 0.650. The Balaban J connectivity index is 2.11. The van der Waals surface area contributed by atoms with Crippen molar-refractivity contribution >= 4 is 15.9 Å². The van der Waals surface area contributed by atoms with Crippen molar-refractivity contribution in [1.82, 2.24) is 9.62 Å². The SMILES string of the molecule is CCN(CC)S(=O)(=O)c1ccc(C(C)NC(=O)C2CCCCC2C(F)(F)F)cc1. The van der Waals surface area contributed by atoms with Gasteiger partial charge >= 0.3 is 6.18 Å². The minimum absolute atomic E-state index is 0.0200. The van der Waals surface area contributed by atoms with Gasteiger partial charge in [-0.25, -0.2) is 8.42 Å². The number of hydrogen-bond acceptors (Lipinski definition) is 3. The van der Waals surface area contributed by atoms with Gasteiger partial charge in [0, 0.05) is 19.0 Å². The van der Waals surface area contributed by atoms with Crippen LogP contribution in [0.3, 0.4) is 0 Å². The molecular formula is C20H29F3N2O3S. The number of carbonyl (C=O) groups is 1. The van der Waals surface area contributed by atoms with Gasteiger partial charge in [0.25, 0.3) is 0 Å². The minimum Gasteiger partial charge on any atom is -0.349 e. The Bertz CT molecular complexity index is 790. The number of carbonyl (C=O) groups excluding carboxylic acids is 1. The van der Waals surface area contributed by atoms with Gasteiger partial charge in [-0.05, 0) is 37.5 Å². The smallest absolute Gasteiger partial charge is 0.349 e. The van der Waals surface area contributed by atoms with Gasteiger partial charge in [-0.15, -0.1) is 0 Å². The van der Waals surface area contributed by atoms with Gasteiger partial charge in [0.05, 0.1) is 16.9 Å². The van der Waals surface area contributed by atoms with E-state index in [-0.39, 0.29) is 17.7 Å². The molecule has 29 heavy (non-hydrogen) atoms. The Hall–Kier alpha value is -1.61. The van der Waals surface area contributed by atoms with Gasteiger partial charge in [0.15, 0.2) is 0 Å². The third kappa shape index (κ3) is 5.51. The first-order chi connectivity index (χ1) is 13.5. The van der Waals surface area contributed by atoms with Crippen molar-refractivity contribution in [3.63, 3.8) is 0 Å². The summed E-state index contributed by atoms with van der Waals surface area (Å²) in [5.41, 5.74) is 0.635. The second kappa shape index (κ2) is 9.47. The Morgan fingerprint density at radius 3 is 2.21 bits per heavy atom. The van der Waals surface area contributed by atoms with Crippen molar-refractivity contribution in [3.8, 4) is 0 Å². The Labute approximate surface area is 170 Å². The number of hydrogen-bond donors (Lipinski definition) is 1. The molecule has 0 aliphatic heterocycles. The van der Waals surface area contributed by atoms with Crippen LogP contribution in [0.15, 0.2) is 29.2 Å². The molecule has 1 aromatic carbocycles. The van der Waals surface area contributed by atoms with E-state index in [9.17, 15) is 26.4 Å². The summed E-state index contributed by atoms with van der Waals surface area (Å²) in [5.74, 6) is -3.28. The molecule has 5 nitrogen and oxygen atoms in total. The summed E-state index contributed by atoms with van der Waals surface area (Å²) in [4.78, 5) is 12.7. The second-order valence-corrected chi connectivity index (χ2v) is 9.37. The molecule has 0 radical (unpaired) electrons. The largest absolute Gasteiger partial charge is 0.392 e. The normalized spacial score (nSPS) is 21.8. The van der Waals surface area contributed by atoms with Crippen molar-refractivity contribution in [1.29, 1.82) is 0 Å². The molecule has 0 saturated heterocycles. The maximum atomic E-state index is 13.3. The number of halogens is 3. The number of nitrogens with one attached hydrogen (secondary N) is 1. The van der Waals surface area contributed by atoms with E-state index in [4.69, 9.17) is 0 Å². The van der Waals surface area contributed by atoms with E-state index in [0.717, 1.165) is 0 Å². The lowest BCUT2D eigenvalue weighted by atomic mass is 9.78. The van der Waals surface area contributed by atoms with E-state index >= 15 is 0 Å². The molecule has 1 aromatic rings. The summed E-state index contributed by atoms with van der Waals surface area (Å²) >= 11 is 0. The van der Waals surface area contributed by atoms with Crippen LogP contribution in [-0.2, 0) is 14.8 Å². The van der Waals surface area contributed by atoms with Crippen LogP contribution < -0.4 is 5.32 Å². The van der Waals surface area contributed by atoms with E-state index in [1.54, 1.807) is 32.9 Å². The molecule has 1 aliphatic carbocycles. The van der Waals surface area contributed by atoms with Crippen molar-refractivity contribution in [3.05, 3.63) is 29.8 Å². The summed E-state index contributed by atoms with van der Waals surface area (Å²) in [6.45, 7) is 5.90. The van der Waals surface area contributed by atoms with Crippen LogP contribution >= 0.6 is 0 Å². The first-order valence-corrected chi connectivity index (χ1v) is 11.4. The number of rotatable bonds is 7. The van der Waals surface area contributed by atoms with Gasteiger partial charge in [0.2, 0.25) is 15.9 Å². The molecule has 1 fully saturated rings. The van der Waals surface area contributed by atoms with Gasteiger partial charge in [0.1, 0.15) is 0 Å². The fourth-order valence-corrected chi connectivity index (χ4v) is 5.34.